The zero-order chi connectivity index (χ0) is 19.6. The number of nitrogens with zero attached hydrogens (tertiary/aromatic N) is 2. The number of imide groups is 2. The Morgan fingerprint density at radius 3 is 2.70 bits per heavy atom. The second-order valence-corrected chi connectivity index (χ2v) is 6.47. The molecule has 1 unspecified atom stereocenters. The number of nitrogens with two attached hydrogens (primary N) is 1. The van der Waals surface area contributed by atoms with E-state index in [1.54, 1.807) is 25.2 Å². The van der Waals surface area contributed by atoms with E-state index in [2.05, 4.69) is 5.32 Å². The van der Waals surface area contributed by atoms with E-state index in [1.807, 2.05) is 4.90 Å². The molecule has 1 saturated heterocycles. The third kappa shape index (κ3) is 3.56. The summed E-state index contributed by atoms with van der Waals surface area (Å²) in [5.41, 5.74) is 6.52. The molecule has 1 fully saturated rings. The number of carbonyl (C=O) groups is 4. The van der Waals surface area contributed by atoms with Crippen molar-refractivity contribution >= 4 is 29.3 Å². The van der Waals surface area contributed by atoms with Gasteiger partial charge in [-0.05, 0) is 18.6 Å². The Hall–Kier alpha value is -2.78. The number of nitrogens with one attached hydrogen (secondary N) is 1. The van der Waals surface area contributed by atoms with Crippen LogP contribution in [0, 0.1) is 0 Å². The van der Waals surface area contributed by atoms with Crippen LogP contribution in [0.5, 0.6) is 0 Å². The van der Waals surface area contributed by atoms with Gasteiger partial charge in [-0.1, -0.05) is 6.07 Å². The number of benzene rings is 1. The van der Waals surface area contributed by atoms with Crippen LogP contribution >= 0.6 is 0 Å². The number of ether oxygens (including phenoxy) is 1. The quantitative estimate of drug-likeness (QED) is 0.487. The van der Waals surface area contributed by atoms with Crippen molar-refractivity contribution in [1.29, 1.82) is 0 Å². The molecular weight excluding hydrogens is 352 g/mol. The van der Waals surface area contributed by atoms with Gasteiger partial charge in [-0.2, -0.15) is 0 Å². The number of likely N-dealkylation sites (N-methyl/N-ethyl adjacent to an activating group) is 1. The van der Waals surface area contributed by atoms with E-state index in [1.165, 1.54) is 0 Å². The van der Waals surface area contributed by atoms with Crippen molar-refractivity contribution in [2.24, 2.45) is 5.73 Å². The summed E-state index contributed by atoms with van der Waals surface area (Å²) >= 11 is 0. The first-order chi connectivity index (χ1) is 13.0. The molecule has 2 aliphatic rings. The van der Waals surface area contributed by atoms with Gasteiger partial charge >= 0.3 is 0 Å². The van der Waals surface area contributed by atoms with E-state index in [-0.39, 0.29) is 24.0 Å². The Bertz CT molecular complexity index is 794. The molecule has 0 aliphatic carbocycles. The molecule has 0 bridgehead atoms. The smallest absolute Gasteiger partial charge is 0.264 e. The van der Waals surface area contributed by atoms with Crippen molar-refractivity contribution in [3.8, 4) is 0 Å². The van der Waals surface area contributed by atoms with Crippen molar-refractivity contribution in [2.45, 2.75) is 18.9 Å². The maximum absolute atomic E-state index is 13.0. The largest absolute Gasteiger partial charge is 0.378 e. The summed E-state index contributed by atoms with van der Waals surface area (Å²) < 4.78 is 5.37. The Balaban J connectivity index is 1.84. The Kier molecular flexibility index (Phi) is 5.52. The van der Waals surface area contributed by atoms with Crippen LogP contribution in [0.3, 0.4) is 0 Å². The molecule has 0 radical (unpaired) electrons. The number of anilines is 1. The zero-order valence-electron chi connectivity index (χ0n) is 15.1. The zero-order valence-corrected chi connectivity index (χ0v) is 15.1. The molecular formula is C18H22N4O5. The molecule has 1 atom stereocenters. The average molecular weight is 374 g/mol. The van der Waals surface area contributed by atoms with Crippen molar-refractivity contribution in [1.82, 2.24) is 10.2 Å². The van der Waals surface area contributed by atoms with Gasteiger partial charge in [0, 0.05) is 26.6 Å². The fourth-order valence-corrected chi connectivity index (χ4v) is 3.32. The fraction of sp³-hybridized carbons (Fsp3) is 0.444. The number of hydrogen-bond donors (Lipinski definition) is 2. The lowest BCUT2D eigenvalue weighted by atomic mass is 10.0. The van der Waals surface area contributed by atoms with E-state index in [4.69, 9.17) is 10.5 Å². The van der Waals surface area contributed by atoms with Crippen LogP contribution in [0.4, 0.5) is 5.69 Å². The Morgan fingerprint density at radius 1 is 1.22 bits per heavy atom. The summed E-state index contributed by atoms with van der Waals surface area (Å²) in [7, 11) is 1.80. The Morgan fingerprint density at radius 2 is 2.00 bits per heavy atom. The first-order valence-electron chi connectivity index (χ1n) is 8.79. The number of amides is 4. The average Bonchev–Trinajstić information content (AvgIpc) is 2.90. The molecule has 27 heavy (non-hydrogen) atoms. The lowest BCUT2D eigenvalue weighted by molar-refractivity contribution is -0.136. The van der Waals surface area contributed by atoms with Crippen LogP contribution in [0.15, 0.2) is 18.2 Å². The van der Waals surface area contributed by atoms with Crippen LogP contribution in [0.2, 0.25) is 0 Å². The normalized spacial score (nSPS) is 19.3. The summed E-state index contributed by atoms with van der Waals surface area (Å²) in [6, 6.07) is 4.05. The molecule has 0 spiro atoms. The first kappa shape index (κ1) is 19.0. The van der Waals surface area contributed by atoms with Crippen LogP contribution in [0.25, 0.3) is 0 Å². The highest BCUT2D eigenvalue weighted by atomic mass is 16.5. The minimum absolute atomic E-state index is 0.0923. The van der Waals surface area contributed by atoms with Gasteiger partial charge in [-0.3, -0.25) is 29.4 Å². The van der Waals surface area contributed by atoms with E-state index < -0.39 is 29.7 Å². The highest BCUT2D eigenvalue weighted by Crippen LogP contribution is 2.33. The third-order valence-electron chi connectivity index (χ3n) is 4.69. The number of hydrogen-bond acceptors (Lipinski definition) is 7. The molecule has 2 aliphatic heterocycles. The van der Waals surface area contributed by atoms with Crippen molar-refractivity contribution in [3.05, 3.63) is 29.3 Å². The highest BCUT2D eigenvalue weighted by molar-refractivity contribution is 6.25. The monoisotopic (exact) mass is 374 g/mol. The maximum atomic E-state index is 13.0. The van der Waals surface area contributed by atoms with E-state index in [9.17, 15) is 19.2 Å². The molecule has 1 aromatic carbocycles. The van der Waals surface area contributed by atoms with Gasteiger partial charge in [0.2, 0.25) is 11.8 Å². The van der Waals surface area contributed by atoms with Crippen LogP contribution in [-0.2, 0) is 14.3 Å². The summed E-state index contributed by atoms with van der Waals surface area (Å²) in [5.74, 6) is -2.05. The summed E-state index contributed by atoms with van der Waals surface area (Å²) in [6.45, 7) is 1.81. The van der Waals surface area contributed by atoms with Gasteiger partial charge in [-0.15, -0.1) is 0 Å². The molecule has 4 amide bonds. The fourth-order valence-electron chi connectivity index (χ4n) is 3.32. The van der Waals surface area contributed by atoms with Gasteiger partial charge in [0.15, 0.2) is 0 Å². The number of fused-ring (bicyclic) bond motifs is 1. The molecule has 9 heteroatoms. The molecule has 0 aromatic heterocycles. The number of piperidine rings is 1. The molecule has 3 N–H and O–H groups in total. The topological polar surface area (TPSA) is 122 Å². The Labute approximate surface area is 156 Å². The molecule has 0 saturated carbocycles. The van der Waals surface area contributed by atoms with Crippen LogP contribution in [0.1, 0.15) is 33.6 Å². The third-order valence-corrected chi connectivity index (χ3v) is 4.69. The lowest BCUT2D eigenvalue weighted by Gasteiger charge is -2.28. The minimum atomic E-state index is -0.971. The predicted octanol–water partition coefficient (Wildman–Crippen LogP) is -0.501. The standard InChI is InChI=1S/C18H22N4O5/c1-21(8-10-27-9-7-19)12-4-2-3-11-15(12)18(26)22(17(11)25)13-5-6-14(23)20-16(13)24/h2-4,13H,5-10,19H2,1H3,(H,20,23,24). The second kappa shape index (κ2) is 7.85. The van der Waals surface area contributed by atoms with Crippen molar-refractivity contribution in [3.63, 3.8) is 0 Å². The van der Waals surface area contributed by atoms with E-state index in [0.29, 0.717) is 32.0 Å². The van der Waals surface area contributed by atoms with Gasteiger partial charge < -0.3 is 15.4 Å². The van der Waals surface area contributed by atoms with E-state index in [0.717, 1.165) is 4.90 Å². The number of rotatable bonds is 7. The first-order valence-corrected chi connectivity index (χ1v) is 8.79. The minimum Gasteiger partial charge on any atom is -0.378 e. The second-order valence-electron chi connectivity index (χ2n) is 6.47. The van der Waals surface area contributed by atoms with Gasteiger partial charge in [0.25, 0.3) is 11.8 Å². The van der Waals surface area contributed by atoms with E-state index >= 15 is 0 Å². The maximum Gasteiger partial charge on any atom is 0.264 e. The summed E-state index contributed by atoms with van der Waals surface area (Å²) in [6.07, 6.45) is 0.225. The highest BCUT2D eigenvalue weighted by Gasteiger charge is 2.45. The van der Waals surface area contributed by atoms with Crippen molar-refractivity contribution in [2.75, 3.05) is 38.3 Å². The van der Waals surface area contributed by atoms with Crippen molar-refractivity contribution < 1.29 is 23.9 Å². The van der Waals surface area contributed by atoms with Gasteiger partial charge in [-0.25, -0.2) is 0 Å². The molecule has 144 valence electrons. The SMILES string of the molecule is CN(CCOCCN)c1cccc2c1C(=O)N(C1CCC(=O)NC1=O)C2=O. The predicted molar refractivity (Wildman–Crippen MR) is 96.3 cm³/mol. The van der Waals surface area contributed by atoms with Crippen LogP contribution in [-0.4, -0.2) is 67.9 Å². The molecule has 1 aromatic rings. The summed E-state index contributed by atoms with van der Waals surface area (Å²) in [4.78, 5) is 52.1. The van der Waals surface area contributed by atoms with Gasteiger partial charge in [0.05, 0.1) is 30.0 Å². The lowest BCUT2D eigenvalue weighted by Crippen LogP contribution is -2.54. The summed E-state index contributed by atoms with van der Waals surface area (Å²) in [5, 5.41) is 2.19. The van der Waals surface area contributed by atoms with Gasteiger partial charge in [0.1, 0.15) is 6.04 Å². The molecule has 9 nitrogen and oxygen atoms in total. The molecule has 3 rings (SSSR count). The molecule has 2 heterocycles. The van der Waals surface area contributed by atoms with Crippen LogP contribution < -0.4 is 16.0 Å². The number of carbonyl (C=O) groups excluding carboxylic acids is 4.